The summed E-state index contributed by atoms with van der Waals surface area (Å²) in [6.07, 6.45) is 3.69. The smallest absolute Gasteiger partial charge is 0.263 e. The van der Waals surface area contributed by atoms with Gasteiger partial charge in [-0.25, -0.2) is 0 Å². The molecule has 2 aromatic rings. The first-order valence-electron chi connectivity index (χ1n) is 8.47. The number of carbonyl (C=O) groups is 1. The maximum absolute atomic E-state index is 12.9. The quantitative estimate of drug-likeness (QED) is 0.939. The third kappa shape index (κ3) is 3.00. The molecule has 1 unspecified atom stereocenters. The topological polar surface area (TPSA) is 71.0 Å². The van der Waals surface area contributed by atoms with E-state index >= 15 is 0 Å². The van der Waals surface area contributed by atoms with Crippen LogP contribution in [0.1, 0.15) is 60.3 Å². The fourth-order valence-corrected chi connectivity index (χ4v) is 3.47. The molecule has 2 aromatic heterocycles. The molecule has 24 heavy (non-hydrogen) atoms. The Bertz CT molecular complexity index is 777. The lowest BCUT2D eigenvalue weighted by atomic mass is 9.94. The van der Waals surface area contributed by atoms with Crippen molar-refractivity contribution in [2.24, 2.45) is 7.05 Å². The Labute approximate surface area is 141 Å². The van der Waals surface area contributed by atoms with Crippen LogP contribution in [-0.4, -0.2) is 38.7 Å². The Morgan fingerprint density at radius 2 is 2.12 bits per heavy atom. The average molecular weight is 328 g/mol. The number of pyridine rings is 1. The molecule has 1 fully saturated rings. The molecule has 0 bridgehead atoms. The molecule has 0 saturated carbocycles. The minimum Gasteiger partial charge on any atom is -0.338 e. The summed E-state index contributed by atoms with van der Waals surface area (Å²) in [4.78, 5) is 27.2. The van der Waals surface area contributed by atoms with Crippen molar-refractivity contribution in [3.63, 3.8) is 0 Å². The summed E-state index contributed by atoms with van der Waals surface area (Å²) in [6, 6.07) is 5.52. The minimum absolute atomic E-state index is 0.171. The van der Waals surface area contributed by atoms with E-state index in [1.165, 1.54) is 0 Å². The number of nitrogens with one attached hydrogen (secondary N) is 1. The van der Waals surface area contributed by atoms with Crippen molar-refractivity contribution in [1.82, 2.24) is 19.7 Å². The summed E-state index contributed by atoms with van der Waals surface area (Å²) in [5.41, 5.74) is 2.03. The Hall–Kier alpha value is -2.37. The van der Waals surface area contributed by atoms with Crippen molar-refractivity contribution < 1.29 is 4.79 Å². The number of nitrogens with zero attached hydrogens (tertiary/aromatic N) is 3. The van der Waals surface area contributed by atoms with Crippen LogP contribution >= 0.6 is 0 Å². The molecule has 0 radical (unpaired) electrons. The number of likely N-dealkylation sites (tertiary alicyclic amines) is 1. The van der Waals surface area contributed by atoms with Gasteiger partial charge in [0.15, 0.2) is 0 Å². The molecule has 0 aliphatic carbocycles. The maximum atomic E-state index is 12.9. The molecular weight excluding hydrogens is 304 g/mol. The highest BCUT2D eigenvalue weighted by atomic mass is 16.2. The molecule has 1 saturated heterocycles. The van der Waals surface area contributed by atoms with Crippen LogP contribution in [0.3, 0.4) is 0 Å². The van der Waals surface area contributed by atoms with Crippen molar-refractivity contribution in [2.45, 2.75) is 38.5 Å². The molecule has 6 nitrogen and oxygen atoms in total. The van der Waals surface area contributed by atoms with Crippen LogP contribution in [0.4, 0.5) is 0 Å². The third-order valence-electron chi connectivity index (χ3n) is 4.84. The van der Waals surface area contributed by atoms with Crippen LogP contribution in [0, 0.1) is 0 Å². The van der Waals surface area contributed by atoms with Gasteiger partial charge in [0, 0.05) is 43.6 Å². The number of H-pyrrole nitrogens is 1. The van der Waals surface area contributed by atoms with Gasteiger partial charge in [-0.05, 0) is 37.0 Å². The summed E-state index contributed by atoms with van der Waals surface area (Å²) < 4.78 is 1.59. The number of amides is 1. The molecule has 0 aromatic carbocycles. The highest BCUT2D eigenvalue weighted by Gasteiger charge is 2.28. The van der Waals surface area contributed by atoms with Crippen molar-refractivity contribution in [2.75, 3.05) is 13.1 Å². The first kappa shape index (κ1) is 16.5. The predicted molar refractivity (Wildman–Crippen MR) is 92.2 cm³/mol. The van der Waals surface area contributed by atoms with Gasteiger partial charge in [0.2, 0.25) is 0 Å². The summed E-state index contributed by atoms with van der Waals surface area (Å²) in [7, 11) is 1.73. The van der Waals surface area contributed by atoms with Crippen LogP contribution in [0.25, 0.3) is 0 Å². The van der Waals surface area contributed by atoms with E-state index in [4.69, 9.17) is 0 Å². The number of hydrogen-bond donors (Lipinski definition) is 1. The fourth-order valence-electron chi connectivity index (χ4n) is 3.47. The monoisotopic (exact) mass is 328 g/mol. The number of rotatable bonds is 3. The van der Waals surface area contributed by atoms with Crippen LogP contribution < -0.4 is 5.56 Å². The lowest BCUT2D eigenvalue weighted by molar-refractivity contribution is 0.0703. The Morgan fingerprint density at radius 1 is 1.33 bits per heavy atom. The largest absolute Gasteiger partial charge is 0.338 e. The van der Waals surface area contributed by atoms with Gasteiger partial charge in [-0.3, -0.25) is 14.7 Å². The van der Waals surface area contributed by atoms with Gasteiger partial charge in [0.1, 0.15) is 5.56 Å². The van der Waals surface area contributed by atoms with Gasteiger partial charge < -0.3 is 9.47 Å². The van der Waals surface area contributed by atoms with E-state index in [9.17, 15) is 9.59 Å². The zero-order valence-corrected chi connectivity index (χ0v) is 14.5. The molecule has 3 rings (SSSR count). The lowest BCUT2D eigenvalue weighted by Crippen LogP contribution is -2.42. The van der Waals surface area contributed by atoms with Gasteiger partial charge in [-0.2, -0.15) is 5.10 Å². The zero-order valence-electron chi connectivity index (χ0n) is 14.5. The first-order chi connectivity index (χ1) is 11.5. The van der Waals surface area contributed by atoms with Gasteiger partial charge >= 0.3 is 0 Å². The van der Waals surface area contributed by atoms with Crippen molar-refractivity contribution in [1.29, 1.82) is 0 Å². The number of aromatic amines is 1. The van der Waals surface area contributed by atoms with E-state index in [-0.39, 0.29) is 28.9 Å². The van der Waals surface area contributed by atoms with Crippen LogP contribution in [0.5, 0.6) is 0 Å². The predicted octanol–water partition coefficient (Wildman–Crippen LogP) is 2.25. The maximum Gasteiger partial charge on any atom is 0.263 e. The van der Waals surface area contributed by atoms with Gasteiger partial charge in [0.25, 0.3) is 11.5 Å². The van der Waals surface area contributed by atoms with E-state index in [0.29, 0.717) is 13.1 Å². The van der Waals surface area contributed by atoms with Crippen LogP contribution in [0.15, 0.2) is 29.2 Å². The Balaban J connectivity index is 1.84. The van der Waals surface area contributed by atoms with Crippen LogP contribution in [-0.2, 0) is 7.05 Å². The highest BCUT2D eigenvalue weighted by Crippen LogP contribution is 2.26. The van der Waals surface area contributed by atoms with Crippen LogP contribution in [0.2, 0.25) is 0 Å². The van der Waals surface area contributed by atoms with Gasteiger partial charge in [0.05, 0.1) is 0 Å². The molecule has 128 valence electrons. The molecule has 1 aliphatic rings. The van der Waals surface area contributed by atoms with Crippen molar-refractivity contribution in [3.8, 4) is 0 Å². The van der Waals surface area contributed by atoms with Crippen molar-refractivity contribution >= 4 is 5.91 Å². The summed E-state index contributed by atoms with van der Waals surface area (Å²) >= 11 is 0. The second-order valence-corrected chi connectivity index (χ2v) is 6.79. The highest BCUT2D eigenvalue weighted by molar-refractivity contribution is 5.94. The number of piperidine rings is 1. The number of hydrogen-bond acceptors (Lipinski definition) is 3. The molecule has 0 spiro atoms. The second-order valence-electron chi connectivity index (χ2n) is 6.79. The average Bonchev–Trinajstić information content (AvgIpc) is 3.11. The van der Waals surface area contributed by atoms with E-state index in [1.807, 2.05) is 26.0 Å². The van der Waals surface area contributed by atoms with Gasteiger partial charge in [-0.15, -0.1) is 0 Å². The molecular formula is C18H24N4O2. The molecule has 1 amide bonds. The Morgan fingerprint density at radius 3 is 2.79 bits per heavy atom. The SMILES string of the molecule is CC(C)c1ccc(C(=O)N2CCCC(c3ccn[nH]3)C2)c(=O)n1C. The summed E-state index contributed by atoms with van der Waals surface area (Å²) in [5.74, 6) is 0.325. The molecule has 3 heterocycles. The Kier molecular flexibility index (Phi) is 4.55. The normalized spacial score (nSPS) is 18.2. The molecule has 1 N–H and O–H groups in total. The van der Waals surface area contributed by atoms with E-state index in [2.05, 4.69) is 10.2 Å². The molecule has 6 heteroatoms. The molecule has 1 atom stereocenters. The summed E-state index contributed by atoms with van der Waals surface area (Å²) in [6.45, 7) is 5.39. The van der Waals surface area contributed by atoms with Gasteiger partial charge in [-0.1, -0.05) is 13.8 Å². The number of aromatic nitrogens is 3. The zero-order chi connectivity index (χ0) is 17.3. The third-order valence-corrected chi connectivity index (χ3v) is 4.84. The fraction of sp³-hybridized carbons (Fsp3) is 0.500. The van der Waals surface area contributed by atoms with E-state index in [1.54, 1.807) is 28.8 Å². The molecule has 1 aliphatic heterocycles. The standard InChI is InChI=1S/C18H24N4O2/c1-12(2)16-7-6-14(17(23)21(16)3)18(24)22-10-4-5-13(11-22)15-8-9-19-20-15/h6-9,12-13H,4-5,10-11H2,1-3H3,(H,19,20). The number of carbonyl (C=O) groups excluding carboxylic acids is 1. The van der Waals surface area contributed by atoms with E-state index < -0.39 is 0 Å². The first-order valence-corrected chi connectivity index (χ1v) is 8.47. The summed E-state index contributed by atoms with van der Waals surface area (Å²) in [5, 5.41) is 6.99. The van der Waals surface area contributed by atoms with E-state index in [0.717, 1.165) is 24.2 Å². The van der Waals surface area contributed by atoms with Crippen molar-refractivity contribution in [3.05, 3.63) is 51.7 Å². The second kappa shape index (κ2) is 6.63. The lowest BCUT2D eigenvalue weighted by Gasteiger charge is -2.32. The minimum atomic E-state index is -0.213.